The molecule has 154 valence electrons. The van der Waals surface area contributed by atoms with Crippen molar-refractivity contribution in [3.05, 3.63) is 58.5 Å². The highest BCUT2D eigenvalue weighted by Gasteiger charge is 2.11. The van der Waals surface area contributed by atoms with Crippen LogP contribution in [0.15, 0.2) is 39.9 Å². The number of furan rings is 1. The normalized spacial score (nSPS) is 10.9. The zero-order chi connectivity index (χ0) is 19.6. The van der Waals surface area contributed by atoms with Crippen molar-refractivity contribution in [3.8, 4) is 0 Å². The topological polar surface area (TPSA) is 78.7 Å². The number of halogens is 1. The van der Waals surface area contributed by atoms with Crippen LogP contribution < -0.4 is 16.0 Å². The van der Waals surface area contributed by atoms with Gasteiger partial charge in [-0.1, -0.05) is 29.3 Å². The zero-order valence-electron chi connectivity index (χ0n) is 17.1. The van der Waals surface area contributed by atoms with E-state index in [1.807, 2.05) is 6.92 Å². The van der Waals surface area contributed by atoms with Crippen molar-refractivity contribution in [2.45, 2.75) is 33.6 Å². The van der Waals surface area contributed by atoms with E-state index in [1.54, 1.807) is 13.1 Å². The molecule has 0 unspecified atom stereocenters. The Balaban J connectivity index is 0.00000392. The van der Waals surface area contributed by atoms with Crippen molar-refractivity contribution in [2.75, 3.05) is 26.7 Å². The van der Waals surface area contributed by atoms with Gasteiger partial charge in [0.1, 0.15) is 0 Å². The first-order chi connectivity index (χ1) is 13.0. The summed E-state index contributed by atoms with van der Waals surface area (Å²) in [5, 5.41) is 9.45. The molecule has 3 N–H and O–H groups in total. The summed E-state index contributed by atoms with van der Waals surface area (Å²) in [4.78, 5) is 16.2. The van der Waals surface area contributed by atoms with Gasteiger partial charge in [-0.2, -0.15) is 0 Å². The average Bonchev–Trinajstić information content (AvgIpc) is 3.05. The molecule has 6 nitrogen and oxygen atoms in total. The Morgan fingerprint density at radius 3 is 2.25 bits per heavy atom. The maximum atomic E-state index is 11.9. The molecule has 7 heteroatoms. The van der Waals surface area contributed by atoms with Gasteiger partial charge in [0.05, 0.1) is 6.26 Å². The fourth-order valence-electron chi connectivity index (χ4n) is 2.94. The molecule has 0 atom stereocenters. The Bertz CT molecular complexity index is 766. The standard InChI is InChI=1S/C21H30N4O2.HI/c1-15-12-16(2)14-18(13-15)6-10-25-21(22-4)24-9-5-8-23-20(26)19-17(3)7-11-27-19;/h7,11-14H,5-6,8-10H2,1-4H3,(H,23,26)(H2,22,24,25);1H. The summed E-state index contributed by atoms with van der Waals surface area (Å²) < 4.78 is 5.18. The number of hydrogen-bond donors (Lipinski definition) is 3. The van der Waals surface area contributed by atoms with Gasteiger partial charge in [0.15, 0.2) is 11.7 Å². The number of hydrogen-bond acceptors (Lipinski definition) is 3. The Morgan fingerprint density at radius 1 is 1.00 bits per heavy atom. The number of aryl methyl sites for hydroxylation is 3. The second-order valence-electron chi connectivity index (χ2n) is 6.71. The molecule has 28 heavy (non-hydrogen) atoms. The van der Waals surface area contributed by atoms with E-state index >= 15 is 0 Å². The Labute approximate surface area is 184 Å². The van der Waals surface area contributed by atoms with Gasteiger partial charge in [-0.3, -0.25) is 9.79 Å². The number of carbonyl (C=O) groups is 1. The van der Waals surface area contributed by atoms with Crippen LogP contribution in [0.5, 0.6) is 0 Å². The molecule has 1 aromatic heterocycles. The summed E-state index contributed by atoms with van der Waals surface area (Å²) in [7, 11) is 1.76. The summed E-state index contributed by atoms with van der Waals surface area (Å²) in [5.74, 6) is 0.979. The Morgan fingerprint density at radius 2 is 1.64 bits per heavy atom. The molecule has 1 amide bonds. The second kappa shape index (κ2) is 12.4. The number of nitrogens with zero attached hydrogens (tertiary/aromatic N) is 1. The van der Waals surface area contributed by atoms with Crippen LogP contribution in [0.1, 0.15) is 39.2 Å². The van der Waals surface area contributed by atoms with Crippen LogP contribution in [-0.4, -0.2) is 38.5 Å². The zero-order valence-corrected chi connectivity index (χ0v) is 19.4. The van der Waals surface area contributed by atoms with Crippen molar-refractivity contribution in [1.29, 1.82) is 0 Å². The van der Waals surface area contributed by atoms with Gasteiger partial charge in [-0.15, -0.1) is 24.0 Å². The SMILES string of the molecule is CN=C(NCCCNC(=O)c1occc1C)NCCc1cc(C)cc(C)c1.I. The monoisotopic (exact) mass is 498 g/mol. The first-order valence-corrected chi connectivity index (χ1v) is 9.33. The minimum absolute atomic E-state index is 0. The lowest BCUT2D eigenvalue weighted by atomic mass is 10.1. The van der Waals surface area contributed by atoms with Crippen molar-refractivity contribution in [1.82, 2.24) is 16.0 Å². The van der Waals surface area contributed by atoms with E-state index in [0.717, 1.165) is 37.5 Å². The van der Waals surface area contributed by atoms with Gasteiger partial charge >= 0.3 is 0 Å². The van der Waals surface area contributed by atoms with Crippen LogP contribution in [0.3, 0.4) is 0 Å². The highest BCUT2D eigenvalue weighted by atomic mass is 127. The molecule has 0 saturated carbocycles. The lowest BCUT2D eigenvalue weighted by Gasteiger charge is -2.12. The third-order valence-corrected chi connectivity index (χ3v) is 4.21. The number of amides is 1. The number of nitrogens with one attached hydrogen (secondary N) is 3. The molecule has 2 aromatic rings. The van der Waals surface area contributed by atoms with Crippen molar-refractivity contribution in [3.63, 3.8) is 0 Å². The number of benzene rings is 1. The molecular formula is C21H31IN4O2. The fraction of sp³-hybridized carbons (Fsp3) is 0.429. The summed E-state index contributed by atoms with van der Waals surface area (Å²) >= 11 is 0. The van der Waals surface area contributed by atoms with E-state index in [4.69, 9.17) is 4.42 Å². The van der Waals surface area contributed by atoms with Crippen molar-refractivity contribution < 1.29 is 9.21 Å². The molecule has 0 spiro atoms. The van der Waals surface area contributed by atoms with E-state index in [-0.39, 0.29) is 29.9 Å². The predicted molar refractivity (Wildman–Crippen MR) is 125 cm³/mol. The number of aliphatic imine (C=N–C) groups is 1. The maximum absolute atomic E-state index is 11.9. The van der Waals surface area contributed by atoms with Crippen LogP contribution in [0.25, 0.3) is 0 Å². The first kappa shape index (κ1) is 24.0. The smallest absolute Gasteiger partial charge is 0.287 e. The van der Waals surface area contributed by atoms with Crippen LogP contribution in [0.2, 0.25) is 0 Å². The lowest BCUT2D eigenvalue weighted by molar-refractivity contribution is 0.0925. The van der Waals surface area contributed by atoms with E-state index < -0.39 is 0 Å². The van der Waals surface area contributed by atoms with Gasteiger partial charge in [0.2, 0.25) is 0 Å². The number of rotatable bonds is 8. The molecule has 0 aliphatic rings. The summed E-state index contributed by atoms with van der Waals surface area (Å²) in [6.45, 7) is 8.21. The van der Waals surface area contributed by atoms with Crippen LogP contribution >= 0.6 is 24.0 Å². The minimum atomic E-state index is -0.173. The van der Waals surface area contributed by atoms with Gasteiger partial charge in [-0.25, -0.2) is 0 Å². The quantitative estimate of drug-likeness (QED) is 0.226. The molecule has 0 saturated heterocycles. The summed E-state index contributed by atoms with van der Waals surface area (Å²) in [6, 6.07) is 8.40. The highest BCUT2D eigenvalue weighted by molar-refractivity contribution is 14.0. The largest absolute Gasteiger partial charge is 0.459 e. The first-order valence-electron chi connectivity index (χ1n) is 9.33. The van der Waals surface area contributed by atoms with Gasteiger partial charge in [-0.05, 0) is 45.2 Å². The Kier molecular flexibility index (Phi) is 10.7. The fourth-order valence-corrected chi connectivity index (χ4v) is 2.94. The van der Waals surface area contributed by atoms with E-state index in [0.29, 0.717) is 12.3 Å². The van der Waals surface area contributed by atoms with Crippen molar-refractivity contribution in [2.24, 2.45) is 4.99 Å². The molecule has 1 heterocycles. The van der Waals surface area contributed by atoms with Gasteiger partial charge in [0.25, 0.3) is 5.91 Å². The van der Waals surface area contributed by atoms with Crippen LogP contribution in [0.4, 0.5) is 0 Å². The predicted octanol–water partition coefficient (Wildman–Crippen LogP) is 3.35. The van der Waals surface area contributed by atoms with Crippen LogP contribution in [-0.2, 0) is 6.42 Å². The molecule has 1 aromatic carbocycles. The highest BCUT2D eigenvalue weighted by Crippen LogP contribution is 2.09. The van der Waals surface area contributed by atoms with E-state index in [1.165, 1.54) is 23.0 Å². The molecule has 0 radical (unpaired) electrons. The van der Waals surface area contributed by atoms with Crippen molar-refractivity contribution >= 4 is 35.8 Å². The number of carbonyl (C=O) groups excluding carboxylic acids is 1. The summed E-state index contributed by atoms with van der Waals surface area (Å²) in [5.41, 5.74) is 4.75. The second-order valence-corrected chi connectivity index (χ2v) is 6.71. The minimum Gasteiger partial charge on any atom is -0.459 e. The van der Waals surface area contributed by atoms with Gasteiger partial charge in [0, 0.05) is 32.2 Å². The third kappa shape index (κ3) is 7.92. The Hall–Kier alpha value is -2.03. The average molecular weight is 498 g/mol. The van der Waals surface area contributed by atoms with E-state index in [9.17, 15) is 4.79 Å². The molecule has 2 rings (SSSR count). The lowest BCUT2D eigenvalue weighted by Crippen LogP contribution is -2.39. The molecule has 0 aliphatic carbocycles. The maximum Gasteiger partial charge on any atom is 0.287 e. The van der Waals surface area contributed by atoms with Crippen LogP contribution in [0, 0.1) is 20.8 Å². The summed E-state index contributed by atoms with van der Waals surface area (Å²) in [6.07, 6.45) is 3.27. The molecule has 0 fully saturated rings. The number of guanidine groups is 1. The molecule has 0 bridgehead atoms. The molecule has 0 aliphatic heterocycles. The van der Waals surface area contributed by atoms with Gasteiger partial charge < -0.3 is 20.4 Å². The molecular weight excluding hydrogens is 467 g/mol. The van der Waals surface area contributed by atoms with E-state index in [2.05, 4.69) is 53.0 Å². The third-order valence-electron chi connectivity index (χ3n) is 4.21.